The van der Waals surface area contributed by atoms with Crippen molar-refractivity contribution in [3.63, 3.8) is 0 Å². The van der Waals surface area contributed by atoms with Gasteiger partial charge in [-0.2, -0.15) is 0 Å². The molecule has 0 aliphatic carbocycles. The molecule has 0 aromatic heterocycles. The summed E-state index contributed by atoms with van der Waals surface area (Å²) in [5.41, 5.74) is 0. The van der Waals surface area contributed by atoms with E-state index in [4.69, 9.17) is 18.9 Å². The van der Waals surface area contributed by atoms with Crippen LogP contribution in [0.1, 0.15) is 59.8 Å². The van der Waals surface area contributed by atoms with Gasteiger partial charge in [-0.3, -0.25) is 0 Å². The molecule has 0 fully saturated rings. The van der Waals surface area contributed by atoms with Gasteiger partial charge >= 0.3 is 5.95 Å². The maximum Gasteiger partial charge on any atom is 0.321 e. The van der Waals surface area contributed by atoms with Gasteiger partial charge in [0.25, 0.3) is 0 Å². The quantitative estimate of drug-likeness (QED) is 0.286. The smallest absolute Gasteiger partial charge is 0.321 e. The van der Waals surface area contributed by atoms with E-state index in [2.05, 4.69) is 27.7 Å². The van der Waals surface area contributed by atoms with E-state index in [0.717, 1.165) is 37.9 Å². The summed E-state index contributed by atoms with van der Waals surface area (Å²) in [6.45, 7) is 10.6. The minimum absolute atomic E-state index is 0.218. The van der Waals surface area contributed by atoms with Crippen molar-refractivity contribution in [1.82, 2.24) is 0 Å². The molecule has 19 heavy (non-hydrogen) atoms. The molecule has 0 amide bonds. The first-order valence-corrected chi connectivity index (χ1v) is 7.49. The van der Waals surface area contributed by atoms with E-state index in [1.807, 2.05) is 0 Å². The van der Waals surface area contributed by atoms with Gasteiger partial charge in [0.2, 0.25) is 0 Å². The van der Waals surface area contributed by atoms with Crippen LogP contribution in [0, 0.1) is 0 Å². The molecule has 0 spiro atoms. The summed E-state index contributed by atoms with van der Waals surface area (Å²) >= 11 is 0. The molecule has 0 bridgehead atoms. The summed E-state index contributed by atoms with van der Waals surface area (Å²) in [7, 11) is 0. The first kappa shape index (κ1) is 18.1. The monoisotopic (exact) mass is 274 g/mol. The largest absolute Gasteiger partial charge is 0.491 e. The second-order valence-corrected chi connectivity index (χ2v) is 4.33. The first-order chi connectivity index (χ1) is 9.29. The molecule has 0 saturated carbocycles. The van der Waals surface area contributed by atoms with Crippen molar-refractivity contribution in [3.05, 3.63) is 11.7 Å². The van der Waals surface area contributed by atoms with Gasteiger partial charge in [-0.25, -0.2) is 0 Å². The second kappa shape index (κ2) is 13.5. The van der Waals surface area contributed by atoms with Crippen LogP contribution in [0.5, 0.6) is 0 Å². The lowest BCUT2D eigenvalue weighted by Crippen LogP contribution is -2.09. The van der Waals surface area contributed by atoms with E-state index >= 15 is 0 Å². The standard InChI is InChI=1S/C15H30O4/c1-5-9-14(17-11-7-3)15(18-12-8-4)19-13-16-10-6-2/h5-13H2,1-4H3. The lowest BCUT2D eigenvalue weighted by atomic mass is 10.3. The van der Waals surface area contributed by atoms with Crippen molar-refractivity contribution in [1.29, 1.82) is 0 Å². The number of hydrogen-bond acceptors (Lipinski definition) is 4. The Morgan fingerprint density at radius 1 is 0.684 bits per heavy atom. The van der Waals surface area contributed by atoms with E-state index in [0.29, 0.717) is 25.8 Å². The molecule has 0 unspecified atom stereocenters. The fourth-order valence-corrected chi connectivity index (χ4v) is 1.38. The average molecular weight is 274 g/mol. The third-order valence-electron chi connectivity index (χ3n) is 2.24. The zero-order valence-corrected chi connectivity index (χ0v) is 13.0. The third kappa shape index (κ3) is 9.65. The van der Waals surface area contributed by atoms with Crippen molar-refractivity contribution in [2.24, 2.45) is 0 Å². The Labute approximate surface area is 118 Å². The van der Waals surface area contributed by atoms with Crippen LogP contribution >= 0.6 is 0 Å². The van der Waals surface area contributed by atoms with E-state index in [1.165, 1.54) is 0 Å². The van der Waals surface area contributed by atoms with Gasteiger partial charge < -0.3 is 18.9 Å². The van der Waals surface area contributed by atoms with Gasteiger partial charge in [0.05, 0.1) is 19.8 Å². The second-order valence-electron chi connectivity index (χ2n) is 4.33. The molecule has 0 atom stereocenters. The molecule has 0 heterocycles. The van der Waals surface area contributed by atoms with Crippen LogP contribution < -0.4 is 0 Å². The molecule has 4 heteroatoms. The van der Waals surface area contributed by atoms with Crippen LogP contribution in [0.2, 0.25) is 0 Å². The molecule has 0 N–H and O–H groups in total. The van der Waals surface area contributed by atoms with Crippen LogP contribution in [0.4, 0.5) is 0 Å². The zero-order valence-electron chi connectivity index (χ0n) is 13.0. The Morgan fingerprint density at radius 2 is 1.32 bits per heavy atom. The molecule has 0 rings (SSSR count). The average Bonchev–Trinajstić information content (AvgIpc) is 2.43. The van der Waals surface area contributed by atoms with Crippen LogP contribution in [0.15, 0.2) is 11.7 Å². The van der Waals surface area contributed by atoms with E-state index in [-0.39, 0.29) is 6.79 Å². The number of rotatable bonds is 13. The van der Waals surface area contributed by atoms with E-state index < -0.39 is 0 Å². The Morgan fingerprint density at radius 3 is 1.89 bits per heavy atom. The van der Waals surface area contributed by atoms with Crippen molar-refractivity contribution in [2.75, 3.05) is 26.6 Å². The van der Waals surface area contributed by atoms with Crippen LogP contribution in [-0.4, -0.2) is 26.6 Å². The molecule has 0 aromatic rings. The fraction of sp³-hybridized carbons (Fsp3) is 0.867. The summed E-state index contributed by atoms with van der Waals surface area (Å²) in [6, 6.07) is 0. The molecule has 0 radical (unpaired) electrons. The summed E-state index contributed by atoms with van der Waals surface area (Å²) < 4.78 is 22.3. The Balaban J connectivity index is 4.48. The van der Waals surface area contributed by atoms with Crippen molar-refractivity contribution in [2.45, 2.75) is 59.8 Å². The molecule has 0 aromatic carbocycles. The molecule has 0 aliphatic rings. The first-order valence-electron chi connectivity index (χ1n) is 7.49. The SMILES string of the molecule is CCCOCOC(OCCC)=C(CCC)OCCC. The Hall–Kier alpha value is -0.900. The van der Waals surface area contributed by atoms with Crippen molar-refractivity contribution >= 4 is 0 Å². The van der Waals surface area contributed by atoms with E-state index in [1.54, 1.807) is 0 Å². The normalized spacial score (nSPS) is 12.0. The highest BCUT2D eigenvalue weighted by molar-refractivity contribution is 4.95. The molecule has 4 nitrogen and oxygen atoms in total. The van der Waals surface area contributed by atoms with Gasteiger partial charge in [0.1, 0.15) is 0 Å². The predicted molar refractivity (Wildman–Crippen MR) is 76.6 cm³/mol. The summed E-state index contributed by atoms with van der Waals surface area (Å²) in [5.74, 6) is 1.30. The maximum absolute atomic E-state index is 5.72. The van der Waals surface area contributed by atoms with E-state index in [9.17, 15) is 0 Å². The highest BCUT2D eigenvalue weighted by atomic mass is 16.7. The Kier molecular flexibility index (Phi) is 12.9. The number of hydrogen-bond donors (Lipinski definition) is 0. The van der Waals surface area contributed by atoms with Gasteiger partial charge in [-0.15, -0.1) is 0 Å². The number of ether oxygens (including phenoxy) is 4. The third-order valence-corrected chi connectivity index (χ3v) is 2.24. The predicted octanol–water partition coefficient (Wildman–Crippen LogP) is 4.21. The highest BCUT2D eigenvalue weighted by Gasteiger charge is 2.11. The van der Waals surface area contributed by atoms with Crippen LogP contribution in [0.3, 0.4) is 0 Å². The van der Waals surface area contributed by atoms with Crippen molar-refractivity contribution in [3.8, 4) is 0 Å². The maximum atomic E-state index is 5.72. The minimum atomic E-state index is 0.218. The van der Waals surface area contributed by atoms with Crippen LogP contribution in [-0.2, 0) is 18.9 Å². The lowest BCUT2D eigenvalue weighted by Gasteiger charge is -2.17. The topological polar surface area (TPSA) is 36.9 Å². The highest BCUT2D eigenvalue weighted by Crippen LogP contribution is 2.16. The van der Waals surface area contributed by atoms with Crippen molar-refractivity contribution < 1.29 is 18.9 Å². The fourth-order valence-electron chi connectivity index (χ4n) is 1.38. The Bertz CT molecular complexity index is 226. The molecule has 0 aliphatic heterocycles. The minimum Gasteiger partial charge on any atom is -0.491 e. The molecular formula is C15H30O4. The number of allylic oxidation sites excluding steroid dienone is 1. The zero-order chi connectivity index (χ0) is 14.3. The summed E-state index contributed by atoms with van der Waals surface area (Å²) in [6.07, 6.45) is 4.72. The summed E-state index contributed by atoms with van der Waals surface area (Å²) in [5, 5.41) is 0. The lowest BCUT2D eigenvalue weighted by molar-refractivity contribution is -0.0832. The van der Waals surface area contributed by atoms with Gasteiger partial charge in [0, 0.05) is 6.42 Å². The molecule has 114 valence electrons. The van der Waals surface area contributed by atoms with Gasteiger partial charge in [-0.05, 0) is 25.7 Å². The van der Waals surface area contributed by atoms with Gasteiger partial charge in [-0.1, -0.05) is 27.7 Å². The van der Waals surface area contributed by atoms with Crippen LogP contribution in [0.25, 0.3) is 0 Å². The molecular weight excluding hydrogens is 244 g/mol. The van der Waals surface area contributed by atoms with Gasteiger partial charge in [0.15, 0.2) is 12.6 Å². The summed E-state index contributed by atoms with van der Waals surface area (Å²) in [4.78, 5) is 0. The molecule has 0 saturated heterocycles.